The van der Waals surface area contributed by atoms with E-state index >= 15 is 0 Å². The predicted octanol–water partition coefficient (Wildman–Crippen LogP) is 8.76. The number of carboxylic acids is 1. The Hall–Kier alpha value is -2.97. The van der Waals surface area contributed by atoms with Crippen molar-refractivity contribution in [2.24, 2.45) is 17.6 Å². The zero-order valence-corrected chi connectivity index (χ0v) is 37.8. The van der Waals surface area contributed by atoms with Crippen LogP contribution in [-0.4, -0.2) is 88.1 Å². The summed E-state index contributed by atoms with van der Waals surface area (Å²) >= 11 is 0. The van der Waals surface area contributed by atoms with Crippen LogP contribution in [0.15, 0.2) is 48.6 Å². The summed E-state index contributed by atoms with van der Waals surface area (Å²) in [4.78, 5) is 58.8. The van der Waals surface area contributed by atoms with Crippen molar-refractivity contribution >= 4 is 31.5 Å². The molecule has 1 unspecified atom stereocenters. The number of ether oxygens (including phenoxy) is 2. The molecule has 0 aromatic heterocycles. The van der Waals surface area contributed by atoms with E-state index in [1.165, 1.54) is 19.3 Å². The Bertz CT molecular complexity index is 1380. The number of esters is 2. The Kier molecular flexibility index (Phi) is 32.6. The second-order valence-corrected chi connectivity index (χ2v) is 17.4. The van der Waals surface area contributed by atoms with Crippen LogP contribution in [0.5, 0.6) is 0 Å². The Balaban J connectivity index is 2.48. The molecular weight excluding hydrogens is 805 g/mol. The van der Waals surface area contributed by atoms with Gasteiger partial charge in [0.15, 0.2) is 6.10 Å². The molecular formula is C46H78NO13P. The maximum Gasteiger partial charge on any atom is 0.472 e. The van der Waals surface area contributed by atoms with E-state index in [2.05, 4.69) is 54.8 Å². The van der Waals surface area contributed by atoms with E-state index in [4.69, 9.17) is 24.8 Å². The number of allylic oxidation sites excluding steroid dienone is 6. The minimum absolute atomic E-state index is 0.0102. The van der Waals surface area contributed by atoms with Crippen molar-refractivity contribution in [3.8, 4) is 0 Å². The van der Waals surface area contributed by atoms with E-state index in [-0.39, 0.29) is 36.9 Å². The van der Waals surface area contributed by atoms with Crippen LogP contribution in [-0.2, 0) is 42.3 Å². The van der Waals surface area contributed by atoms with E-state index in [1.54, 1.807) is 12.2 Å². The number of aliphatic hydroxyl groups is 2. The van der Waals surface area contributed by atoms with Crippen molar-refractivity contribution in [1.29, 1.82) is 0 Å². The third kappa shape index (κ3) is 29.9. The number of phosphoric ester groups is 1. The van der Waals surface area contributed by atoms with Crippen LogP contribution in [0.4, 0.5) is 0 Å². The lowest BCUT2D eigenvalue weighted by atomic mass is 9.88. The molecule has 0 aromatic carbocycles. The van der Waals surface area contributed by atoms with Crippen LogP contribution in [0.25, 0.3) is 0 Å². The lowest BCUT2D eigenvalue weighted by Gasteiger charge is -2.20. The van der Waals surface area contributed by atoms with Crippen molar-refractivity contribution in [2.45, 2.75) is 186 Å². The van der Waals surface area contributed by atoms with Crippen LogP contribution >= 0.6 is 7.82 Å². The Morgan fingerprint density at radius 1 is 0.770 bits per heavy atom. The number of rotatable bonds is 38. The van der Waals surface area contributed by atoms with Gasteiger partial charge in [-0.1, -0.05) is 127 Å². The molecule has 61 heavy (non-hydrogen) atoms. The summed E-state index contributed by atoms with van der Waals surface area (Å²) in [5.74, 6) is -3.25. The molecule has 0 spiro atoms. The summed E-state index contributed by atoms with van der Waals surface area (Å²) in [5, 5.41) is 29.6. The second kappa shape index (κ2) is 35.5. The number of carbonyl (C=O) groups is 4. The highest BCUT2D eigenvalue weighted by molar-refractivity contribution is 7.47. The second-order valence-electron chi connectivity index (χ2n) is 16.0. The van der Waals surface area contributed by atoms with E-state index < -0.39 is 69.9 Å². The average Bonchev–Trinajstić information content (AvgIpc) is 3.49. The maximum atomic E-state index is 12.8. The molecule has 350 valence electrons. The number of nitrogens with two attached hydrogens (primary N) is 1. The van der Waals surface area contributed by atoms with Gasteiger partial charge in [0.25, 0.3) is 0 Å². The van der Waals surface area contributed by atoms with Gasteiger partial charge in [0, 0.05) is 31.1 Å². The molecule has 6 N–H and O–H groups in total. The van der Waals surface area contributed by atoms with Crippen molar-refractivity contribution in [3.63, 3.8) is 0 Å². The molecule has 0 aromatic rings. The quantitative estimate of drug-likeness (QED) is 0.0169. The zero-order chi connectivity index (χ0) is 45.1. The molecule has 0 saturated heterocycles. The summed E-state index contributed by atoms with van der Waals surface area (Å²) < 4.78 is 32.7. The van der Waals surface area contributed by atoms with E-state index in [0.717, 1.165) is 70.6 Å². The van der Waals surface area contributed by atoms with Gasteiger partial charge in [-0.05, 0) is 64.2 Å². The predicted molar refractivity (Wildman–Crippen MR) is 236 cm³/mol. The number of unbranched alkanes of at least 4 members (excludes halogenated alkanes) is 12. The fraction of sp³-hybridized carbons (Fsp3) is 0.739. The molecule has 1 fully saturated rings. The number of aliphatic hydroxyl groups excluding tert-OH is 2. The molecule has 1 rings (SSSR count). The van der Waals surface area contributed by atoms with Crippen LogP contribution in [0, 0.1) is 11.8 Å². The number of aliphatic carboxylic acids is 1. The first-order valence-corrected chi connectivity index (χ1v) is 24.3. The van der Waals surface area contributed by atoms with Crippen LogP contribution in [0.1, 0.15) is 162 Å². The molecule has 15 heteroatoms. The van der Waals surface area contributed by atoms with Gasteiger partial charge in [-0.2, -0.15) is 0 Å². The van der Waals surface area contributed by atoms with Gasteiger partial charge in [-0.3, -0.25) is 28.2 Å². The molecule has 1 saturated carbocycles. The van der Waals surface area contributed by atoms with Gasteiger partial charge in [-0.15, -0.1) is 0 Å². The highest BCUT2D eigenvalue weighted by Crippen LogP contribution is 2.43. The van der Waals surface area contributed by atoms with Gasteiger partial charge in [0.1, 0.15) is 18.4 Å². The molecule has 0 bridgehead atoms. The lowest BCUT2D eigenvalue weighted by molar-refractivity contribution is -0.161. The van der Waals surface area contributed by atoms with Crippen molar-refractivity contribution in [2.75, 3.05) is 19.8 Å². The monoisotopic (exact) mass is 884 g/mol. The molecule has 1 aliphatic carbocycles. The third-order valence-corrected chi connectivity index (χ3v) is 11.4. The normalized spacial score (nSPS) is 19.6. The highest BCUT2D eigenvalue weighted by atomic mass is 31.2. The lowest BCUT2D eigenvalue weighted by Crippen LogP contribution is -2.34. The standard InChI is InChI=1S/C46H78NO13P/c1-3-5-7-8-9-10-11-12-13-14-15-16-17-18-19-20-25-29-44(51)57-34-38(35-58-61(55,56)59-36-41(47)46(53)54)60-45(52)30-26-22-21-24-28-39-40(43(50)33-42(39)49)32-31-37(48)27-23-6-4-2/h9-10,12-13,15-16,31-32,37-41,43,48,50H,3-8,11,14,17-30,33-36,47H2,1-2H3,(H,53,54)(H,55,56)/b10-9-,13-12-,16-15-,32-31+/t37-,38+,39+,40+,41-,43+/m0/s1. The van der Waals surface area contributed by atoms with Crippen LogP contribution < -0.4 is 5.73 Å². The molecule has 0 aliphatic heterocycles. The van der Waals surface area contributed by atoms with Gasteiger partial charge in [0.2, 0.25) is 0 Å². The van der Waals surface area contributed by atoms with Crippen LogP contribution in [0.2, 0.25) is 0 Å². The number of hydrogen-bond acceptors (Lipinski definition) is 12. The number of carboxylic acid groups (broad SMARTS) is 1. The van der Waals surface area contributed by atoms with Gasteiger partial charge in [0.05, 0.1) is 25.4 Å². The van der Waals surface area contributed by atoms with Gasteiger partial charge in [-0.25, -0.2) is 4.57 Å². The highest BCUT2D eigenvalue weighted by Gasteiger charge is 2.39. The fourth-order valence-corrected chi connectivity index (χ4v) is 7.57. The molecule has 1 aliphatic rings. The minimum atomic E-state index is -4.79. The fourth-order valence-electron chi connectivity index (χ4n) is 6.79. The number of Topliss-reactive ketones (excluding diaryl/α,β-unsaturated/α-hetero) is 1. The Labute approximate surface area is 365 Å². The summed E-state index contributed by atoms with van der Waals surface area (Å²) in [6, 6.07) is -1.57. The molecule has 7 atom stereocenters. The van der Waals surface area contributed by atoms with Crippen molar-refractivity contribution in [3.05, 3.63) is 48.6 Å². The average molecular weight is 884 g/mol. The van der Waals surface area contributed by atoms with Crippen LogP contribution in [0.3, 0.4) is 0 Å². The number of hydrogen-bond donors (Lipinski definition) is 5. The molecule has 0 heterocycles. The summed E-state index contributed by atoms with van der Waals surface area (Å²) in [5.41, 5.74) is 5.33. The topological polar surface area (TPSA) is 229 Å². The number of phosphoric acid groups is 1. The van der Waals surface area contributed by atoms with Gasteiger partial charge < -0.3 is 35.4 Å². The first-order chi connectivity index (χ1) is 29.3. The van der Waals surface area contributed by atoms with E-state index in [1.807, 2.05) is 0 Å². The third-order valence-electron chi connectivity index (χ3n) is 10.4. The molecule has 14 nitrogen and oxygen atoms in total. The summed E-state index contributed by atoms with van der Waals surface area (Å²) in [6.07, 6.45) is 32.2. The van der Waals surface area contributed by atoms with Gasteiger partial charge >= 0.3 is 25.7 Å². The Morgan fingerprint density at radius 3 is 1.97 bits per heavy atom. The van der Waals surface area contributed by atoms with E-state index in [0.29, 0.717) is 38.5 Å². The minimum Gasteiger partial charge on any atom is -0.480 e. The Morgan fingerprint density at radius 2 is 1.33 bits per heavy atom. The molecule has 0 amide bonds. The first kappa shape index (κ1) is 56.0. The largest absolute Gasteiger partial charge is 0.480 e. The summed E-state index contributed by atoms with van der Waals surface area (Å²) in [7, 11) is -4.79. The number of carbonyl (C=O) groups excluding carboxylic acids is 3. The summed E-state index contributed by atoms with van der Waals surface area (Å²) in [6.45, 7) is 2.40. The number of ketones is 1. The van der Waals surface area contributed by atoms with Crippen molar-refractivity contribution < 1.29 is 62.5 Å². The molecule has 0 radical (unpaired) electrons. The van der Waals surface area contributed by atoms with E-state index in [9.17, 15) is 38.8 Å². The zero-order valence-electron chi connectivity index (χ0n) is 37.0. The van der Waals surface area contributed by atoms with Crippen molar-refractivity contribution in [1.82, 2.24) is 0 Å². The smallest absolute Gasteiger partial charge is 0.472 e. The SMILES string of the molecule is CCCCC/C=C\C/C=C\C/C=C\CCCCCCC(=O)OC[C@H](COP(=O)(O)OC[C@H](N)C(=O)O)OC(=O)CCCCCC[C@H]1C(=O)C[C@@H](O)[C@@H]1/C=C/[C@@H](O)CCCCC. The maximum absolute atomic E-state index is 12.8. The first-order valence-electron chi connectivity index (χ1n) is 22.8.